The van der Waals surface area contributed by atoms with Gasteiger partial charge in [-0.1, -0.05) is 0 Å². The summed E-state index contributed by atoms with van der Waals surface area (Å²) in [6.45, 7) is 3.04. The van der Waals surface area contributed by atoms with Crippen molar-refractivity contribution in [3.8, 4) is 0 Å². The molecule has 0 aromatic rings. The highest BCUT2D eigenvalue weighted by atomic mass is 32.2. The third-order valence-corrected chi connectivity index (χ3v) is 6.55. The van der Waals surface area contributed by atoms with E-state index in [0.717, 1.165) is 12.2 Å². The molecule has 0 unspecified atom stereocenters. The molecule has 1 spiro atoms. The van der Waals surface area contributed by atoms with E-state index in [1.165, 1.54) is 0 Å². The molecule has 2 aliphatic rings. The third kappa shape index (κ3) is 2.05. The summed E-state index contributed by atoms with van der Waals surface area (Å²) >= 11 is 1.86. The highest BCUT2D eigenvalue weighted by Gasteiger charge is 2.52. The zero-order chi connectivity index (χ0) is 11.1. The molecule has 2 fully saturated rings. The Kier molecular flexibility index (Phi) is 3.05. The molecule has 2 heterocycles. The smallest absolute Gasteiger partial charge is 0.213 e. The van der Waals surface area contributed by atoms with Crippen LogP contribution in [0.5, 0.6) is 0 Å². The summed E-state index contributed by atoms with van der Waals surface area (Å²) in [6.07, 6.45) is 1.30. The SMILES string of the molecule is CCS(=O)(=O)N1CC2(C[C@H](OC)CS2)C1. The number of methoxy groups -OCH3 is 1. The Hall–Kier alpha value is 0.220. The second-order valence-corrected chi connectivity index (χ2v) is 7.97. The Morgan fingerprint density at radius 3 is 2.67 bits per heavy atom. The van der Waals surface area contributed by atoms with Gasteiger partial charge in [0.25, 0.3) is 0 Å². The quantitative estimate of drug-likeness (QED) is 0.734. The number of ether oxygens (including phenoxy) is 1. The highest BCUT2D eigenvalue weighted by Crippen LogP contribution is 2.46. The highest BCUT2D eigenvalue weighted by molar-refractivity contribution is 8.01. The molecule has 4 nitrogen and oxygen atoms in total. The maximum Gasteiger partial charge on any atom is 0.213 e. The average molecular weight is 251 g/mol. The molecule has 2 saturated heterocycles. The van der Waals surface area contributed by atoms with E-state index in [2.05, 4.69) is 0 Å². The van der Waals surface area contributed by atoms with Crippen molar-refractivity contribution in [2.75, 3.05) is 31.7 Å². The fraction of sp³-hybridized carbons (Fsp3) is 1.00. The van der Waals surface area contributed by atoms with E-state index in [1.807, 2.05) is 11.8 Å². The minimum absolute atomic E-state index is 0.156. The zero-order valence-corrected chi connectivity index (χ0v) is 10.7. The molecule has 0 N–H and O–H groups in total. The fourth-order valence-electron chi connectivity index (χ4n) is 2.15. The maximum atomic E-state index is 11.6. The summed E-state index contributed by atoms with van der Waals surface area (Å²) in [7, 11) is -1.24. The van der Waals surface area contributed by atoms with E-state index in [1.54, 1.807) is 18.3 Å². The predicted molar refractivity (Wildman–Crippen MR) is 61.6 cm³/mol. The van der Waals surface area contributed by atoms with Crippen molar-refractivity contribution < 1.29 is 13.2 Å². The summed E-state index contributed by atoms with van der Waals surface area (Å²) in [4.78, 5) is 0. The first-order valence-corrected chi connectivity index (χ1v) is 7.75. The summed E-state index contributed by atoms with van der Waals surface area (Å²) in [5, 5.41) is 0. The molecule has 1 atom stereocenters. The van der Waals surface area contributed by atoms with Crippen LogP contribution in [0.25, 0.3) is 0 Å². The first-order valence-electron chi connectivity index (χ1n) is 5.16. The van der Waals surface area contributed by atoms with Crippen LogP contribution in [-0.4, -0.2) is 55.3 Å². The topological polar surface area (TPSA) is 46.6 Å². The van der Waals surface area contributed by atoms with E-state index in [-0.39, 0.29) is 10.5 Å². The van der Waals surface area contributed by atoms with Gasteiger partial charge in [-0.3, -0.25) is 0 Å². The summed E-state index contributed by atoms with van der Waals surface area (Å²) in [5.74, 6) is 1.21. The van der Waals surface area contributed by atoms with Gasteiger partial charge in [0, 0.05) is 30.7 Å². The molecule has 0 aromatic carbocycles. The number of hydrogen-bond acceptors (Lipinski definition) is 4. The normalized spacial score (nSPS) is 30.7. The monoisotopic (exact) mass is 251 g/mol. The number of thioether (sulfide) groups is 1. The number of sulfonamides is 1. The Bertz CT molecular complexity index is 335. The molecular formula is C9H17NO3S2. The predicted octanol–water partition coefficient (Wildman–Crippen LogP) is 0.542. The molecule has 0 radical (unpaired) electrons. The van der Waals surface area contributed by atoms with Crippen molar-refractivity contribution in [1.29, 1.82) is 0 Å². The number of nitrogens with zero attached hydrogens (tertiary/aromatic N) is 1. The van der Waals surface area contributed by atoms with Gasteiger partial charge >= 0.3 is 0 Å². The van der Waals surface area contributed by atoms with Crippen molar-refractivity contribution in [3.05, 3.63) is 0 Å². The zero-order valence-electron chi connectivity index (χ0n) is 9.10. The van der Waals surface area contributed by atoms with Crippen LogP contribution in [0.15, 0.2) is 0 Å². The molecular weight excluding hydrogens is 234 g/mol. The van der Waals surface area contributed by atoms with E-state index in [9.17, 15) is 8.42 Å². The lowest BCUT2D eigenvalue weighted by molar-refractivity contribution is 0.0932. The van der Waals surface area contributed by atoms with Crippen LogP contribution in [0.3, 0.4) is 0 Å². The number of rotatable bonds is 3. The Balaban J connectivity index is 1.93. The molecule has 2 rings (SSSR count). The first-order chi connectivity index (χ1) is 7.01. The summed E-state index contributed by atoms with van der Waals surface area (Å²) in [6, 6.07) is 0. The fourth-order valence-corrected chi connectivity index (χ4v) is 5.16. The van der Waals surface area contributed by atoms with Crippen LogP contribution in [0.1, 0.15) is 13.3 Å². The molecule has 2 aliphatic heterocycles. The van der Waals surface area contributed by atoms with Crippen LogP contribution in [-0.2, 0) is 14.8 Å². The van der Waals surface area contributed by atoms with Crippen LogP contribution in [0.4, 0.5) is 0 Å². The second kappa shape index (κ2) is 3.91. The average Bonchev–Trinajstić information content (AvgIpc) is 2.59. The van der Waals surface area contributed by atoms with Gasteiger partial charge in [-0.05, 0) is 13.3 Å². The van der Waals surface area contributed by atoms with Gasteiger partial charge in [0.1, 0.15) is 0 Å². The van der Waals surface area contributed by atoms with Crippen LogP contribution in [0.2, 0.25) is 0 Å². The lowest BCUT2D eigenvalue weighted by Crippen LogP contribution is -2.60. The van der Waals surface area contributed by atoms with Gasteiger partial charge < -0.3 is 4.74 Å². The van der Waals surface area contributed by atoms with Gasteiger partial charge in [-0.25, -0.2) is 8.42 Å². The summed E-state index contributed by atoms with van der Waals surface area (Å²) < 4.78 is 30.2. The van der Waals surface area contributed by atoms with E-state index >= 15 is 0 Å². The van der Waals surface area contributed by atoms with E-state index in [0.29, 0.717) is 19.2 Å². The van der Waals surface area contributed by atoms with Crippen molar-refractivity contribution in [3.63, 3.8) is 0 Å². The van der Waals surface area contributed by atoms with Gasteiger partial charge in [-0.2, -0.15) is 4.31 Å². The molecule has 0 saturated carbocycles. The molecule has 0 aromatic heterocycles. The van der Waals surface area contributed by atoms with Crippen molar-refractivity contribution in [1.82, 2.24) is 4.31 Å². The second-order valence-electron chi connectivity index (χ2n) is 4.22. The van der Waals surface area contributed by atoms with Crippen LogP contribution in [0, 0.1) is 0 Å². The molecule has 88 valence electrons. The largest absolute Gasteiger partial charge is 0.381 e. The number of hydrogen-bond donors (Lipinski definition) is 0. The minimum atomic E-state index is -2.97. The molecule has 0 aliphatic carbocycles. The Labute approximate surface area is 95.4 Å². The third-order valence-electron chi connectivity index (χ3n) is 3.20. The molecule has 15 heavy (non-hydrogen) atoms. The van der Waals surface area contributed by atoms with Gasteiger partial charge in [0.2, 0.25) is 10.0 Å². The lowest BCUT2D eigenvalue weighted by Gasteiger charge is -2.46. The van der Waals surface area contributed by atoms with Crippen molar-refractivity contribution in [2.45, 2.75) is 24.2 Å². The Morgan fingerprint density at radius 2 is 2.20 bits per heavy atom. The molecule has 0 bridgehead atoms. The van der Waals surface area contributed by atoms with Crippen molar-refractivity contribution in [2.24, 2.45) is 0 Å². The standard InChI is InChI=1S/C9H17NO3S2/c1-3-15(11,12)10-6-9(7-10)4-8(13-2)5-14-9/h8H,3-7H2,1-2H3/t8-/m0/s1. The van der Waals surface area contributed by atoms with E-state index < -0.39 is 10.0 Å². The van der Waals surface area contributed by atoms with Crippen LogP contribution < -0.4 is 0 Å². The molecule has 0 amide bonds. The van der Waals surface area contributed by atoms with E-state index in [4.69, 9.17) is 4.74 Å². The lowest BCUT2D eigenvalue weighted by atomic mass is 9.96. The minimum Gasteiger partial charge on any atom is -0.381 e. The molecule has 6 heteroatoms. The van der Waals surface area contributed by atoms with Crippen molar-refractivity contribution >= 4 is 21.8 Å². The van der Waals surface area contributed by atoms with Gasteiger partial charge in [0.05, 0.1) is 11.9 Å². The Morgan fingerprint density at radius 1 is 1.53 bits per heavy atom. The van der Waals surface area contributed by atoms with Gasteiger partial charge in [-0.15, -0.1) is 11.8 Å². The first kappa shape index (κ1) is 11.7. The van der Waals surface area contributed by atoms with Gasteiger partial charge in [0.15, 0.2) is 0 Å². The maximum absolute atomic E-state index is 11.6. The summed E-state index contributed by atoms with van der Waals surface area (Å²) in [5.41, 5.74) is 0. The van der Waals surface area contributed by atoms with Crippen LogP contribution >= 0.6 is 11.8 Å².